The Labute approximate surface area is 166 Å². The Morgan fingerprint density at radius 2 is 1.79 bits per heavy atom. The molecule has 0 aliphatic heterocycles. The number of aromatic nitrogens is 5. The van der Waals surface area contributed by atoms with E-state index in [-0.39, 0.29) is 5.56 Å². The number of aryl methyl sites for hydroxylation is 2. The first-order chi connectivity index (χ1) is 13.7. The molecule has 0 radical (unpaired) electrons. The van der Waals surface area contributed by atoms with E-state index in [2.05, 4.69) is 11.6 Å². The maximum Gasteiger partial charge on any atom is 0.332 e. The molecule has 1 aromatic carbocycles. The van der Waals surface area contributed by atoms with Crippen molar-refractivity contribution >= 4 is 16.9 Å². The van der Waals surface area contributed by atoms with Crippen LogP contribution < -0.4 is 16.0 Å². The summed E-state index contributed by atoms with van der Waals surface area (Å²) in [6.07, 6.45) is 0. The van der Waals surface area contributed by atoms with Crippen LogP contribution >= 0.6 is 0 Å². The highest BCUT2D eigenvalue weighted by atomic mass is 16.5. The monoisotopic (exact) mass is 393 g/mol. The van der Waals surface area contributed by atoms with Gasteiger partial charge >= 0.3 is 5.69 Å². The second kappa shape index (κ2) is 6.51. The molecule has 0 unspecified atom stereocenters. The van der Waals surface area contributed by atoms with Crippen molar-refractivity contribution in [3.63, 3.8) is 0 Å². The van der Waals surface area contributed by atoms with Crippen LogP contribution in [0, 0.1) is 13.8 Å². The molecule has 150 valence electrons. The molecular formula is C21H23N5O3. The van der Waals surface area contributed by atoms with Crippen LogP contribution in [0.5, 0.6) is 5.75 Å². The molecule has 4 aromatic rings. The summed E-state index contributed by atoms with van der Waals surface area (Å²) in [6, 6.07) is 7.66. The summed E-state index contributed by atoms with van der Waals surface area (Å²) in [4.78, 5) is 29.9. The van der Waals surface area contributed by atoms with Crippen LogP contribution in [-0.2, 0) is 14.1 Å². The van der Waals surface area contributed by atoms with Crippen molar-refractivity contribution in [2.75, 3.05) is 6.61 Å². The average Bonchev–Trinajstić information content (AvgIpc) is 3.19. The Kier molecular flexibility index (Phi) is 4.22. The van der Waals surface area contributed by atoms with Crippen LogP contribution in [-0.4, -0.2) is 29.7 Å². The maximum absolute atomic E-state index is 12.9. The summed E-state index contributed by atoms with van der Waals surface area (Å²) in [5.74, 6) is 1.24. The second-order valence-corrected chi connectivity index (χ2v) is 7.34. The number of hydrogen-bond acceptors (Lipinski definition) is 4. The lowest BCUT2D eigenvalue weighted by Crippen LogP contribution is -2.37. The molecule has 3 heterocycles. The fraction of sp³-hybridized carbons (Fsp3) is 0.286. The molecule has 0 saturated heterocycles. The predicted molar refractivity (Wildman–Crippen MR) is 112 cm³/mol. The van der Waals surface area contributed by atoms with Gasteiger partial charge in [0.15, 0.2) is 11.2 Å². The van der Waals surface area contributed by atoms with Crippen molar-refractivity contribution in [2.24, 2.45) is 14.1 Å². The molecule has 0 N–H and O–H groups in total. The van der Waals surface area contributed by atoms with Crippen molar-refractivity contribution in [3.8, 4) is 11.4 Å². The zero-order chi connectivity index (χ0) is 21.0. The first kappa shape index (κ1) is 18.8. The van der Waals surface area contributed by atoms with E-state index in [1.54, 1.807) is 7.05 Å². The standard InChI is InChI=1S/C21H23N5O3/c1-12(2)11-29-16-10-8-7-9-15(16)25-13(3)14(4)26-17-18(22-20(25)26)23(5)21(28)24(6)19(17)27/h7-10H,1,11H2,2-6H3. The van der Waals surface area contributed by atoms with E-state index in [0.717, 1.165) is 27.2 Å². The van der Waals surface area contributed by atoms with E-state index in [0.29, 0.717) is 29.3 Å². The lowest BCUT2D eigenvalue weighted by molar-refractivity contribution is 0.351. The third-order valence-corrected chi connectivity index (χ3v) is 5.21. The SMILES string of the molecule is C=C(C)COc1ccccc1-n1c(C)c(C)n2c3c(=O)n(C)c(=O)n(C)c3nc12. The highest BCUT2D eigenvalue weighted by Crippen LogP contribution is 2.30. The predicted octanol–water partition coefficient (Wildman–Crippen LogP) is 2.25. The number of fused-ring (bicyclic) bond motifs is 3. The van der Waals surface area contributed by atoms with Gasteiger partial charge in [-0.05, 0) is 38.5 Å². The molecule has 3 aromatic heterocycles. The number of benzene rings is 1. The van der Waals surface area contributed by atoms with Crippen molar-refractivity contribution in [3.05, 3.63) is 68.6 Å². The molecule has 8 nitrogen and oxygen atoms in total. The first-order valence-corrected chi connectivity index (χ1v) is 9.26. The van der Waals surface area contributed by atoms with Gasteiger partial charge in [-0.25, -0.2) is 4.79 Å². The highest BCUT2D eigenvalue weighted by Gasteiger charge is 2.23. The molecular weight excluding hydrogens is 370 g/mol. The number of ether oxygens (including phenoxy) is 1. The summed E-state index contributed by atoms with van der Waals surface area (Å²) in [5, 5.41) is 0. The number of para-hydroxylation sites is 2. The number of imidazole rings is 2. The van der Waals surface area contributed by atoms with E-state index in [1.165, 1.54) is 11.6 Å². The number of rotatable bonds is 4. The fourth-order valence-corrected chi connectivity index (χ4v) is 3.58. The van der Waals surface area contributed by atoms with E-state index in [1.807, 2.05) is 54.0 Å². The van der Waals surface area contributed by atoms with Crippen molar-refractivity contribution in [2.45, 2.75) is 20.8 Å². The molecule has 8 heteroatoms. The zero-order valence-electron chi connectivity index (χ0n) is 17.2. The summed E-state index contributed by atoms with van der Waals surface area (Å²) in [7, 11) is 3.09. The third-order valence-electron chi connectivity index (χ3n) is 5.21. The fourth-order valence-electron chi connectivity index (χ4n) is 3.58. The Balaban J connectivity index is 2.11. The Morgan fingerprint density at radius 3 is 2.48 bits per heavy atom. The van der Waals surface area contributed by atoms with Gasteiger partial charge in [0.05, 0.1) is 5.69 Å². The molecule has 29 heavy (non-hydrogen) atoms. The van der Waals surface area contributed by atoms with Crippen molar-refractivity contribution in [1.29, 1.82) is 0 Å². The summed E-state index contributed by atoms with van der Waals surface area (Å²) < 4.78 is 12.2. The third kappa shape index (κ3) is 2.63. The highest BCUT2D eigenvalue weighted by molar-refractivity contribution is 5.77. The van der Waals surface area contributed by atoms with E-state index < -0.39 is 5.69 Å². The van der Waals surface area contributed by atoms with Gasteiger partial charge in [-0.1, -0.05) is 18.7 Å². The van der Waals surface area contributed by atoms with Crippen LogP contribution in [0.4, 0.5) is 0 Å². The summed E-state index contributed by atoms with van der Waals surface area (Å²) >= 11 is 0. The van der Waals surface area contributed by atoms with Crippen LogP contribution in [0.2, 0.25) is 0 Å². The van der Waals surface area contributed by atoms with Crippen LogP contribution in [0.3, 0.4) is 0 Å². The second-order valence-electron chi connectivity index (χ2n) is 7.34. The molecule has 0 spiro atoms. The molecule has 0 aliphatic carbocycles. The molecule has 0 saturated carbocycles. The molecule has 4 rings (SSSR count). The largest absolute Gasteiger partial charge is 0.487 e. The molecule has 0 atom stereocenters. The van der Waals surface area contributed by atoms with Gasteiger partial charge in [-0.15, -0.1) is 0 Å². The van der Waals surface area contributed by atoms with E-state index >= 15 is 0 Å². The van der Waals surface area contributed by atoms with Gasteiger partial charge in [0.2, 0.25) is 5.78 Å². The average molecular weight is 393 g/mol. The maximum atomic E-state index is 12.9. The van der Waals surface area contributed by atoms with Crippen molar-refractivity contribution < 1.29 is 4.74 Å². The lowest BCUT2D eigenvalue weighted by Gasteiger charge is -2.13. The van der Waals surface area contributed by atoms with Gasteiger partial charge in [0, 0.05) is 25.5 Å². The van der Waals surface area contributed by atoms with E-state index in [9.17, 15) is 9.59 Å². The lowest BCUT2D eigenvalue weighted by atomic mass is 10.2. The number of nitrogens with zero attached hydrogens (tertiary/aromatic N) is 5. The van der Waals surface area contributed by atoms with Crippen LogP contribution in [0.1, 0.15) is 18.3 Å². The quantitative estimate of drug-likeness (QED) is 0.499. The summed E-state index contributed by atoms with van der Waals surface area (Å²) in [6.45, 7) is 10.1. The number of hydrogen-bond donors (Lipinski definition) is 0. The topological polar surface area (TPSA) is 75.5 Å². The smallest absolute Gasteiger partial charge is 0.332 e. The Bertz CT molecular complexity index is 1410. The Hall–Kier alpha value is -3.55. The zero-order valence-corrected chi connectivity index (χ0v) is 17.2. The molecule has 0 bridgehead atoms. The molecule has 0 fully saturated rings. The van der Waals surface area contributed by atoms with E-state index in [4.69, 9.17) is 4.74 Å². The van der Waals surface area contributed by atoms with Crippen molar-refractivity contribution in [1.82, 2.24) is 23.1 Å². The van der Waals surface area contributed by atoms with Gasteiger partial charge in [0.1, 0.15) is 12.4 Å². The minimum absolute atomic E-state index is 0.352. The van der Waals surface area contributed by atoms with Gasteiger partial charge in [0.25, 0.3) is 5.56 Å². The minimum Gasteiger partial charge on any atom is -0.487 e. The van der Waals surface area contributed by atoms with Gasteiger partial charge in [-0.3, -0.25) is 22.9 Å². The van der Waals surface area contributed by atoms with Gasteiger partial charge in [-0.2, -0.15) is 4.98 Å². The van der Waals surface area contributed by atoms with Crippen LogP contribution in [0.15, 0.2) is 46.0 Å². The molecule has 0 aliphatic rings. The summed E-state index contributed by atoms with van der Waals surface area (Å²) in [5.41, 5.74) is 3.47. The molecule has 0 amide bonds. The normalized spacial score (nSPS) is 11.5. The van der Waals surface area contributed by atoms with Gasteiger partial charge < -0.3 is 4.74 Å². The minimum atomic E-state index is -0.408. The first-order valence-electron chi connectivity index (χ1n) is 9.26. The Morgan fingerprint density at radius 1 is 1.10 bits per heavy atom. The van der Waals surface area contributed by atoms with Crippen LogP contribution in [0.25, 0.3) is 22.6 Å².